The monoisotopic (exact) mass is 349 g/mol. The molecule has 2 heterocycles. The van der Waals surface area contributed by atoms with Gasteiger partial charge in [0.1, 0.15) is 11.9 Å². The number of hydrogen-bond donors (Lipinski definition) is 0. The number of benzene rings is 2. The van der Waals surface area contributed by atoms with E-state index >= 15 is 0 Å². The number of halogens is 1. The summed E-state index contributed by atoms with van der Waals surface area (Å²) in [5.41, 5.74) is 2.75. The summed E-state index contributed by atoms with van der Waals surface area (Å²) in [5, 5.41) is 8.71. The highest BCUT2D eigenvalue weighted by molar-refractivity contribution is 5.59. The zero-order valence-corrected chi connectivity index (χ0v) is 14.5. The highest BCUT2D eigenvalue weighted by Crippen LogP contribution is 2.28. The number of aromatic nitrogens is 2. The molecule has 0 amide bonds. The van der Waals surface area contributed by atoms with E-state index in [-0.39, 0.29) is 18.0 Å². The van der Waals surface area contributed by atoms with E-state index in [2.05, 4.69) is 34.2 Å². The average Bonchev–Trinajstić information content (AvgIpc) is 2.69. The Kier molecular flexibility index (Phi) is 4.63. The van der Waals surface area contributed by atoms with Crippen molar-refractivity contribution < 1.29 is 9.13 Å². The van der Waals surface area contributed by atoms with Gasteiger partial charge < -0.3 is 9.64 Å². The third kappa shape index (κ3) is 3.58. The maximum absolute atomic E-state index is 13.1. The van der Waals surface area contributed by atoms with Gasteiger partial charge >= 0.3 is 0 Å². The van der Waals surface area contributed by atoms with Crippen LogP contribution in [-0.2, 0) is 4.74 Å². The summed E-state index contributed by atoms with van der Waals surface area (Å²) in [4.78, 5) is 2.20. The maximum atomic E-state index is 13.1. The zero-order valence-electron chi connectivity index (χ0n) is 14.5. The highest BCUT2D eigenvalue weighted by atomic mass is 19.1. The van der Waals surface area contributed by atoms with Crippen molar-refractivity contribution in [2.24, 2.45) is 0 Å². The lowest BCUT2D eigenvalue weighted by Crippen LogP contribution is -2.43. The third-order valence-corrected chi connectivity index (χ3v) is 4.55. The molecular formula is C21H20FN3O. The molecule has 0 radical (unpaired) electrons. The van der Waals surface area contributed by atoms with Crippen LogP contribution in [0.5, 0.6) is 0 Å². The van der Waals surface area contributed by atoms with E-state index in [1.54, 1.807) is 12.1 Å². The second kappa shape index (κ2) is 7.22. The number of rotatable bonds is 3. The molecule has 1 aliphatic heterocycles. The Bertz CT molecular complexity index is 853. The molecule has 4 rings (SSSR count). The Balaban J connectivity index is 1.54. The Labute approximate surface area is 152 Å². The Hall–Kier alpha value is -2.79. The number of ether oxygens (including phenoxy) is 1. The van der Waals surface area contributed by atoms with Gasteiger partial charge in [-0.2, -0.15) is 0 Å². The molecular weight excluding hydrogens is 329 g/mol. The summed E-state index contributed by atoms with van der Waals surface area (Å²) in [6.45, 7) is 3.58. The Morgan fingerprint density at radius 2 is 1.69 bits per heavy atom. The molecule has 0 spiro atoms. The van der Waals surface area contributed by atoms with Gasteiger partial charge in [0.15, 0.2) is 5.82 Å². The minimum absolute atomic E-state index is 0.0125. The standard InChI is InChI=1S/C21H20FN3O/c1-15-13-25(14-20(26-15)17-5-3-2-4-6-17)21-12-11-19(23-24-21)16-7-9-18(22)10-8-16/h2-12,15,20H,13-14H2,1H3. The van der Waals surface area contributed by atoms with Gasteiger partial charge in [0.25, 0.3) is 0 Å². The fourth-order valence-corrected chi connectivity index (χ4v) is 3.26. The van der Waals surface area contributed by atoms with Crippen molar-refractivity contribution >= 4 is 5.82 Å². The van der Waals surface area contributed by atoms with Crippen LogP contribution in [0, 0.1) is 5.82 Å². The molecule has 2 unspecified atom stereocenters. The summed E-state index contributed by atoms with van der Waals surface area (Å²) in [6.07, 6.45) is 0.117. The van der Waals surface area contributed by atoms with Crippen molar-refractivity contribution in [2.45, 2.75) is 19.1 Å². The topological polar surface area (TPSA) is 38.2 Å². The van der Waals surface area contributed by atoms with E-state index in [0.29, 0.717) is 0 Å². The first-order valence-electron chi connectivity index (χ1n) is 8.74. The second-order valence-corrected chi connectivity index (χ2v) is 6.53. The second-order valence-electron chi connectivity index (χ2n) is 6.53. The molecule has 0 saturated carbocycles. The minimum atomic E-state index is -0.257. The number of morpholine rings is 1. The lowest BCUT2D eigenvalue weighted by molar-refractivity contribution is -0.0176. The molecule has 0 aliphatic carbocycles. The first-order chi connectivity index (χ1) is 12.7. The quantitative estimate of drug-likeness (QED) is 0.709. The van der Waals surface area contributed by atoms with Crippen molar-refractivity contribution in [3.63, 3.8) is 0 Å². The number of hydrogen-bond acceptors (Lipinski definition) is 4. The van der Waals surface area contributed by atoms with E-state index < -0.39 is 0 Å². The molecule has 0 N–H and O–H groups in total. The maximum Gasteiger partial charge on any atom is 0.151 e. The normalized spacial score (nSPS) is 20.2. The minimum Gasteiger partial charge on any atom is -0.367 e. The fourth-order valence-electron chi connectivity index (χ4n) is 3.26. The molecule has 132 valence electrons. The Morgan fingerprint density at radius 1 is 0.923 bits per heavy atom. The first kappa shape index (κ1) is 16.7. The van der Waals surface area contributed by atoms with Crippen LogP contribution in [-0.4, -0.2) is 29.4 Å². The fraction of sp³-hybridized carbons (Fsp3) is 0.238. The summed E-state index contributed by atoms with van der Waals surface area (Å²) in [7, 11) is 0. The summed E-state index contributed by atoms with van der Waals surface area (Å²) in [6, 6.07) is 20.4. The summed E-state index contributed by atoms with van der Waals surface area (Å²) in [5.74, 6) is 0.569. The van der Waals surface area contributed by atoms with Gasteiger partial charge in [-0.3, -0.25) is 0 Å². The molecule has 4 nitrogen and oxygen atoms in total. The van der Waals surface area contributed by atoms with Gasteiger partial charge in [0.2, 0.25) is 0 Å². The van der Waals surface area contributed by atoms with Crippen LogP contribution in [0.2, 0.25) is 0 Å². The van der Waals surface area contributed by atoms with Crippen LogP contribution >= 0.6 is 0 Å². The highest BCUT2D eigenvalue weighted by Gasteiger charge is 2.27. The van der Waals surface area contributed by atoms with E-state index in [0.717, 1.165) is 30.2 Å². The van der Waals surface area contributed by atoms with Crippen LogP contribution in [0.15, 0.2) is 66.7 Å². The van der Waals surface area contributed by atoms with Crippen LogP contribution in [0.25, 0.3) is 11.3 Å². The van der Waals surface area contributed by atoms with Gasteiger partial charge in [-0.15, -0.1) is 10.2 Å². The predicted octanol–water partition coefficient (Wildman–Crippen LogP) is 4.25. The molecule has 2 aromatic carbocycles. The van der Waals surface area contributed by atoms with E-state index in [9.17, 15) is 4.39 Å². The van der Waals surface area contributed by atoms with Crippen molar-refractivity contribution in [2.75, 3.05) is 18.0 Å². The van der Waals surface area contributed by atoms with Crippen LogP contribution < -0.4 is 4.90 Å². The number of anilines is 1. The average molecular weight is 349 g/mol. The van der Waals surface area contributed by atoms with Crippen molar-refractivity contribution in [3.05, 3.63) is 78.1 Å². The van der Waals surface area contributed by atoms with Gasteiger partial charge in [-0.05, 0) is 48.9 Å². The molecule has 1 fully saturated rings. The Morgan fingerprint density at radius 3 is 2.38 bits per heavy atom. The van der Waals surface area contributed by atoms with Gasteiger partial charge in [0, 0.05) is 18.7 Å². The predicted molar refractivity (Wildman–Crippen MR) is 99.4 cm³/mol. The molecule has 1 saturated heterocycles. The molecule has 1 aromatic heterocycles. The largest absolute Gasteiger partial charge is 0.367 e. The molecule has 2 atom stereocenters. The van der Waals surface area contributed by atoms with Gasteiger partial charge in [0.05, 0.1) is 11.8 Å². The zero-order chi connectivity index (χ0) is 17.9. The van der Waals surface area contributed by atoms with Crippen molar-refractivity contribution in [1.29, 1.82) is 0 Å². The van der Waals surface area contributed by atoms with Crippen LogP contribution in [0.1, 0.15) is 18.6 Å². The molecule has 0 bridgehead atoms. The summed E-state index contributed by atoms with van der Waals surface area (Å²) >= 11 is 0. The molecule has 26 heavy (non-hydrogen) atoms. The lowest BCUT2D eigenvalue weighted by Gasteiger charge is -2.37. The van der Waals surface area contributed by atoms with Crippen molar-refractivity contribution in [1.82, 2.24) is 10.2 Å². The van der Waals surface area contributed by atoms with Crippen LogP contribution in [0.4, 0.5) is 10.2 Å². The molecule has 3 aromatic rings. The smallest absolute Gasteiger partial charge is 0.151 e. The number of nitrogens with zero attached hydrogens (tertiary/aromatic N) is 3. The van der Waals surface area contributed by atoms with Crippen molar-refractivity contribution in [3.8, 4) is 11.3 Å². The van der Waals surface area contributed by atoms with E-state index in [4.69, 9.17) is 4.74 Å². The summed E-state index contributed by atoms with van der Waals surface area (Å²) < 4.78 is 19.2. The SMILES string of the molecule is CC1CN(c2ccc(-c3ccc(F)cc3)nn2)CC(c2ccccc2)O1. The first-order valence-corrected chi connectivity index (χ1v) is 8.74. The third-order valence-electron chi connectivity index (χ3n) is 4.55. The van der Waals surface area contributed by atoms with E-state index in [1.165, 1.54) is 17.7 Å². The molecule has 5 heteroatoms. The van der Waals surface area contributed by atoms with Gasteiger partial charge in [-0.1, -0.05) is 30.3 Å². The lowest BCUT2D eigenvalue weighted by atomic mass is 10.1. The van der Waals surface area contributed by atoms with Gasteiger partial charge in [-0.25, -0.2) is 4.39 Å². The van der Waals surface area contributed by atoms with Crippen LogP contribution in [0.3, 0.4) is 0 Å². The molecule has 1 aliphatic rings. The van der Waals surface area contributed by atoms with E-state index in [1.807, 2.05) is 30.3 Å².